The maximum atomic E-state index is 5.94. The van der Waals surface area contributed by atoms with E-state index < -0.39 is 0 Å². The van der Waals surface area contributed by atoms with E-state index in [1.165, 1.54) is 51.0 Å². The van der Waals surface area contributed by atoms with Crippen molar-refractivity contribution in [2.45, 2.75) is 25.8 Å². The molecule has 2 saturated heterocycles. The molecule has 2 nitrogen and oxygen atoms in total. The summed E-state index contributed by atoms with van der Waals surface area (Å²) in [5.41, 5.74) is 1.99. The monoisotopic (exact) mass is 278 g/mol. The summed E-state index contributed by atoms with van der Waals surface area (Å²) in [5.74, 6) is 0. The summed E-state index contributed by atoms with van der Waals surface area (Å²) in [4.78, 5) is 5.08. The van der Waals surface area contributed by atoms with E-state index in [-0.39, 0.29) is 0 Å². The van der Waals surface area contributed by atoms with Crippen LogP contribution in [0.15, 0.2) is 24.3 Å². The number of hydrogen-bond acceptors (Lipinski definition) is 2. The summed E-state index contributed by atoms with van der Waals surface area (Å²) in [6.45, 7) is 6.16. The van der Waals surface area contributed by atoms with Crippen molar-refractivity contribution in [3.63, 3.8) is 0 Å². The molecule has 0 aliphatic carbocycles. The molecule has 0 aromatic heterocycles. The van der Waals surface area contributed by atoms with Crippen LogP contribution in [0.4, 0.5) is 0 Å². The summed E-state index contributed by atoms with van der Waals surface area (Å²) in [5, 5.41) is 0.831. The smallest absolute Gasteiger partial charge is 0.0406 e. The van der Waals surface area contributed by atoms with Gasteiger partial charge in [-0.3, -0.25) is 4.90 Å². The zero-order valence-electron chi connectivity index (χ0n) is 11.7. The van der Waals surface area contributed by atoms with E-state index in [4.69, 9.17) is 11.6 Å². The minimum atomic E-state index is 0.610. The molecule has 1 aromatic carbocycles. The molecule has 3 rings (SSSR count). The molecule has 0 N–H and O–H groups in total. The number of halogens is 1. The number of nitrogens with zero attached hydrogens (tertiary/aromatic N) is 2. The first-order valence-electron chi connectivity index (χ1n) is 7.31. The highest BCUT2D eigenvalue weighted by Crippen LogP contribution is 2.40. The normalized spacial score (nSPS) is 24.1. The van der Waals surface area contributed by atoms with Gasteiger partial charge in [0.05, 0.1) is 0 Å². The van der Waals surface area contributed by atoms with Gasteiger partial charge in [-0.15, -0.1) is 0 Å². The quantitative estimate of drug-likeness (QED) is 0.819. The second kappa shape index (κ2) is 5.43. The molecule has 0 atom stereocenters. The molecule has 0 saturated carbocycles. The summed E-state index contributed by atoms with van der Waals surface area (Å²) in [6.07, 6.45) is 4.13. The van der Waals surface area contributed by atoms with Crippen molar-refractivity contribution in [3.8, 4) is 0 Å². The Hall–Kier alpha value is -0.570. The minimum absolute atomic E-state index is 0.610. The fraction of sp³-hybridized carbons (Fsp3) is 0.625. The van der Waals surface area contributed by atoms with Gasteiger partial charge >= 0.3 is 0 Å². The van der Waals surface area contributed by atoms with Gasteiger partial charge in [0.1, 0.15) is 0 Å². The van der Waals surface area contributed by atoms with E-state index in [1.807, 2.05) is 12.1 Å². The Kier molecular flexibility index (Phi) is 3.84. The van der Waals surface area contributed by atoms with Crippen LogP contribution < -0.4 is 0 Å². The first-order valence-corrected chi connectivity index (χ1v) is 7.68. The molecule has 2 fully saturated rings. The Morgan fingerprint density at radius 3 is 2.37 bits per heavy atom. The number of benzene rings is 1. The Labute approximate surface area is 121 Å². The predicted octanol–water partition coefficient (Wildman–Crippen LogP) is 3.26. The molecule has 0 amide bonds. The van der Waals surface area contributed by atoms with Crippen molar-refractivity contribution in [1.82, 2.24) is 9.80 Å². The van der Waals surface area contributed by atoms with Crippen LogP contribution in [0.25, 0.3) is 0 Å². The van der Waals surface area contributed by atoms with Crippen LogP contribution in [-0.4, -0.2) is 43.0 Å². The topological polar surface area (TPSA) is 6.48 Å². The minimum Gasteiger partial charge on any atom is -0.306 e. The van der Waals surface area contributed by atoms with Gasteiger partial charge in [-0.2, -0.15) is 0 Å². The lowest BCUT2D eigenvalue weighted by atomic mass is 9.78. The van der Waals surface area contributed by atoms with E-state index in [0.717, 1.165) is 11.6 Å². The van der Waals surface area contributed by atoms with Crippen LogP contribution in [-0.2, 0) is 6.54 Å². The zero-order valence-corrected chi connectivity index (χ0v) is 12.5. The largest absolute Gasteiger partial charge is 0.306 e. The van der Waals surface area contributed by atoms with Gasteiger partial charge in [0, 0.05) is 18.1 Å². The van der Waals surface area contributed by atoms with Crippen molar-refractivity contribution in [2.24, 2.45) is 5.41 Å². The van der Waals surface area contributed by atoms with Crippen LogP contribution in [0.1, 0.15) is 24.8 Å². The SMILES string of the molecule is CN1CCC2(CC1)CCN(Cc1ccc(Cl)cc1)C2. The highest BCUT2D eigenvalue weighted by Gasteiger charge is 2.39. The van der Waals surface area contributed by atoms with Gasteiger partial charge in [-0.05, 0) is 69.1 Å². The number of likely N-dealkylation sites (tertiary alicyclic amines) is 2. The maximum Gasteiger partial charge on any atom is 0.0406 e. The van der Waals surface area contributed by atoms with Crippen LogP contribution in [0.3, 0.4) is 0 Å². The van der Waals surface area contributed by atoms with Gasteiger partial charge in [0.2, 0.25) is 0 Å². The van der Waals surface area contributed by atoms with E-state index in [9.17, 15) is 0 Å². The second-order valence-electron chi connectivity index (χ2n) is 6.39. The van der Waals surface area contributed by atoms with Crippen molar-refractivity contribution < 1.29 is 0 Å². The Bertz CT molecular complexity index is 421. The average Bonchev–Trinajstić information content (AvgIpc) is 2.80. The third-order valence-electron chi connectivity index (χ3n) is 4.88. The number of piperidine rings is 1. The summed E-state index contributed by atoms with van der Waals surface area (Å²) in [6, 6.07) is 8.31. The van der Waals surface area contributed by atoms with Gasteiger partial charge in [0.25, 0.3) is 0 Å². The molecular weight excluding hydrogens is 256 g/mol. The first-order chi connectivity index (χ1) is 9.15. The number of rotatable bonds is 2. The molecule has 3 heteroatoms. The lowest BCUT2D eigenvalue weighted by Gasteiger charge is -2.37. The van der Waals surface area contributed by atoms with Gasteiger partial charge in [-0.1, -0.05) is 23.7 Å². The Morgan fingerprint density at radius 1 is 1.05 bits per heavy atom. The molecule has 1 spiro atoms. The van der Waals surface area contributed by atoms with Crippen LogP contribution in [0, 0.1) is 5.41 Å². The second-order valence-corrected chi connectivity index (χ2v) is 6.83. The molecule has 2 aliphatic heterocycles. The molecule has 104 valence electrons. The van der Waals surface area contributed by atoms with Gasteiger partial charge in [0.15, 0.2) is 0 Å². The Morgan fingerprint density at radius 2 is 1.68 bits per heavy atom. The van der Waals surface area contributed by atoms with E-state index in [1.54, 1.807) is 0 Å². The molecule has 0 unspecified atom stereocenters. The highest BCUT2D eigenvalue weighted by molar-refractivity contribution is 6.30. The van der Waals surface area contributed by atoms with Crippen molar-refractivity contribution in [1.29, 1.82) is 0 Å². The molecule has 0 radical (unpaired) electrons. The molecule has 2 heterocycles. The molecular formula is C16H23ClN2. The van der Waals surface area contributed by atoms with Crippen molar-refractivity contribution in [2.75, 3.05) is 33.2 Å². The molecule has 2 aliphatic rings. The van der Waals surface area contributed by atoms with Gasteiger partial charge < -0.3 is 4.90 Å². The third-order valence-corrected chi connectivity index (χ3v) is 5.14. The molecule has 0 bridgehead atoms. The summed E-state index contributed by atoms with van der Waals surface area (Å²) in [7, 11) is 2.24. The Balaban J connectivity index is 1.58. The van der Waals surface area contributed by atoms with Gasteiger partial charge in [-0.25, -0.2) is 0 Å². The first kappa shape index (κ1) is 13.4. The lowest BCUT2D eigenvalue weighted by molar-refractivity contribution is 0.125. The summed E-state index contributed by atoms with van der Waals surface area (Å²) < 4.78 is 0. The third kappa shape index (κ3) is 3.13. The zero-order chi connectivity index (χ0) is 13.3. The van der Waals surface area contributed by atoms with Crippen molar-refractivity contribution >= 4 is 11.6 Å². The highest BCUT2D eigenvalue weighted by atomic mass is 35.5. The molecule has 1 aromatic rings. The summed E-state index contributed by atoms with van der Waals surface area (Å²) >= 11 is 5.94. The van der Waals surface area contributed by atoms with Crippen LogP contribution in [0.5, 0.6) is 0 Å². The van der Waals surface area contributed by atoms with E-state index >= 15 is 0 Å². The lowest BCUT2D eigenvalue weighted by Crippen LogP contribution is -2.39. The standard InChI is InChI=1S/C16H23ClN2/c1-18-9-6-16(7-10-18)8-11-19(13-16)12-14-2-4-15(17)5-3-14/h2-5H,6-13H2,1H3. The van der Waals surface area contributed by atoms with Crippen LogP contribution in [0.2, 0.25) is 5.02 Å². The fourth-order valence-electron chi connectivity index (χ4n) is 3.51. The van der Waals surface area contributed by atoms with Crippen molar-refractivity contribution in [3.05, 3.63) is 34.9 Å². The van der Waals surface area contributed by atoms with E-state index in [0.29, 0.717) is 5.41 Å². The maximum absolute atomic E-state index is 5.94. The fourth-order valence-corrected chi connectivity index (χ4v) is 3.64. The molecule has 19 heavy (non-hydrogen) atoms. The number of hydrogen-bond donors (Lipinski definition) is 0. The predicted molar refractivity (Wildman–Crippen MR) is 80.5 cm³/mol. The van der Waals surface area contributed by atoms with E-state index in [2.05, 4.69) is 29.0 Å². The van der Waals surface area contributed by atoms with Crippen LogP contribution >= 0.6 is 11.6 Å². The average molecular weight is 279 g/mol.